The molecule has 1 aliphatic heterocycles. The first kappa shape index (κ1) is 19.7. The molecule has 2 N–H and O–H groups in total. The van der Waals surface area contributed by atoms with Crippen LogP contribution in [0.5, 0.6) is 0 Å². The van der Waals surface area contributed by atoms with Crippen LogP contribution in [0.15, 0.2) is 17.0 Å². The van der Waals surface area contributed by atoms with Crippen molar-refractivity contribution in [2.24, 2.45) is 5.92 Å². The highest BCUT2D eigenvalue weighted by Gasteiger charge is 2.20. The third kappa shape index (κ3) is 5.17. The van der Waals surface area contributed by atoms with Crippen molar-refractivity contribution in [2.45, 2.75) is 38.0 Å². The van der Waals surface area contributed by atoms with E-state index in [1.807, 2.05) is 0 Å². The van der Waals surface area contributed by atoms with E-state index in [0.29, 0.717) is 27.9 Å². The molecule has 7 heteroatoms. The van der Waals surface area contributed by atoms with Crippen LogP contribution < -0.4 is 4.72 Å². The van der Waals surface area contributed by atoms with Crippen molar-refractivity contribution in [1.29, 1.82) is 0 Å². The van der Waals surface area contributed by atoms with Crippen LogP contribution in [0, 0.1) is 19.8 Å². The van der Waals surface area contributed by atoms with Gasteiger partial charge in [-0.3, -0.25) is 0 Å². The fraction of sp³-hybridized carbons (Fsp3) is 0.647. The van der Waals surface area contributed by atoms with Crippen LogP contribution in [0.2, 0.25) is 5.02 Å². The number of hydrogen-bond acceptors (Lipinski definition) is 4. The minimum absolute atomic E-state index is 0.234. The van der Waals surface area contributed by atoms with Crippen molar-refractivity contribution >= 4 is 21.6 Å². The van der Waals surface area contributed by atoms with Crippen molar-refractivity contribution in [3.63, 3.8) is 0 Å². The Morgan fingerprint density at radius 2 is 2.08 bits per heavy atom. The number of piperidine rings is 1. The first-order chi connectivity index (χ1) is 11.3. The summed E-state index contributed by atoms with van der Waals surface area (Å²) in [4.78, 5) is 2.60. The average Bonchev–Trinajstić information content (AvgIpc) is 2.55. The predicted molar refractivity (Wildman–Crippen MR) is 97.0 cm³/mol. The van der Waals surface area contributed by atoms with Crippen molar-refractivity contribution in [3.05, 3.63) is 28.3 Å². The standard InChI is InChI=1S/C17H27ClN2O3S/c1-13-10-17(14(2)9-16(13)18)24(22,23)19-6-4-8-20-7-3-5-15(11-20)12-21/h9-10,15,19,21H,3-8,11-12H2,1-2H3/t15-/m0/s1. The van der Waals surface area contributed by atoms with Crippen molar-refractivity contribution < 1.29 is 13.5 Å². The number of aryl methyl sites for hydroxylation is 2. The number of nitrogens with one attached hydrogen (secondary N) is 1. The molecule has 0 amide bonds. The molecule has 0 radical (unpaired) electrons. The van der Waals surface area contributed by atoms with Crippen molar-refractivity contribution in [1.82, 2.24) is 9.62 Å². The van der Waals surface area contributed by atoms with Crippen LogP contribution in [0.3, 0.4) is 0 Å². The van der Waals surface area contributed by atoms with E-state index in [1.54, 1.807) is 26.0 Å². The number of nitrogens with zero attached hydrogens (tertiary/aromatic N) is 1. The fourth-order valence-corrected chi connectivity index (χ4v) is 4.74. The molecule has 2 rings (SSSR count). The molecule has 24 heavy (non-hydrogen) atoms. The minimum Gasteiger partial charge on any atom is -0.396 e. The van der Waals surface area contributed by atoms with Crippen molar-refractivity contribution in [2.75, 3.05) is 32.8 Å². The van der Waals surface area contributed by atoms with E-state index in [2.05, 4.69) is 9.62 Å². The minimum atomic E-state index is -3.52. The third-order valence-electron chi connectivity index (χ3n) is 4.55. The maximum atomic E-state index is 12.5. The molecular weight excluding hydrogens is 348 g/mol. The summed E-state index contributed by atoms with van der Waals surface area (Å²) in [6.07, 6.45) is 2.93. The number of halogens is 1. The van der Waals surface area contributed by atoms with E-state index < -0.39 is 10.0 Å². The largest absolute Gasteiger partial charge is 0.396 e. The second-order valence-corrected chi connectivity index (χ2v) is 8.75. The van der Waals surface area contributed by atoms with Crippen LogP contribution in [0.25, 0.3) is 0 Å². The highest BCUT2D eigenvalue weighted by atomic mass is 35.5. The first-order valence-electron chi connectivity index (χ1n) is 8.43. The number of rotatable bonds is 7. The number of aliphatic hydroxyl groups is 1. The van der Waals surface area contributed by atoms with Crippen LogP contribution >= 0.6 is 11.6 Å². The maximum Gasteiger partial charge on any atom is 0.240 e. The number of benzene rings is 1. The molecule has 1 aromatic rings. The van der Waals surface area contributed by atoms with Gasteiger partial charge >= 0.3 is 0 Å². The van der Waals surface area contributed by atoms with Gasteiger partial charge in [0.15, 0.2) is 0 Å². The quantitative estimate of drug-likeness (QED) is 0.719. The van der Waals surface area contributed by atoms with Crippen LogP contribution in [-0.2, 0) is 10.0 Å². The molecule has 136 valence electrons. The number of sulfonamides is 1. The molecule has 0 bridgehead atoms. The molecule has 1 fully saturated rings. The number of aliphatic hydroxyl groups excluding tert-OH is 1. The van der Waals surface area contributed by atoms with E-state index >= 15 is 0 Å². The summed E-state index contributed by atoms with van der Waals surface area (Å²) in [5.41, 5.74) is 1.41. The zero-order valence-electron chi connectivity index (χ0n) is 14.4. The molecule has 0 aromatic heterocycles. The lowest BCUT2D eigenvalue weighted by molar-refractivity contribution is 0.120. The molecule has 1 aliphatic rings. The van der Waals surface area contributed by atoms with Gasteiger partial charge < -0.3 is 10.0 Å². The summed E-state index contributed by atoms with van der Waals surface area (Å²) in [5.74, 6) is 0.357. The molecule has 1 heterocycles. The summed E-state index contributed by atoms with van der Waals surface area (Å²) in [7, 11) is -3.52. The average molecular weight is 375 g/mol. The van der Waals surface area contributed by atoms with Crippen molar-refractivity contribution in [3.8, 4) is 0 Å². The van der Waals surface area contributed by atoms with E-state index in [4.69, 9.17) is 11.6 Å². The van der Waals surface area contributed by atoms with Gasteiger partial charge in [-0.2, -0.15) is 0 Å². The van der Waals surface area contributed by atoms with E-state index in [-0.39, 0.29) is 6.61 Å². The Morgan fingerprint density at radius 3 is 2.79 bits per heavy atom. The normalized spacial score (nSPS) is 19.6. The SMILES string of the molecule is Cc1cc(S(=O)(=O)NCCCN2CCC[C@H](CO)C2)c(C)cc1Cl. The summed E-state index contributed by atoms with van der Waals surface area (Å²) < 4.78 is 27.6. The van der Waals surface area contributed by atoms with Gasteiger partial charge in [0.25, 0.3) is 0 Å². The van der Waals surface area contributed by atoms with Gasteiger partial charge in [0, 0.05) is 24.7 Å². The zero-order chi connectivity index (χ0) is 17.7. The Morgan fingerprint density at radius 1 is 1.33 bits per heavy atom. The number of likely N-dealkylation sites (tertiary alicyclic amines) is 1. The lowest BCUT2D eigenvalue weighted by atomic mass is 9.99. The third-order valence-corrected chi connectivity index (χ3v) is 6.56. The van der Waals surface area contributed by atoms with Crippen LogP contribution in [-0.4, -0.2) is 51.2 Å². The summed E-state index contributed by atoms with van der Waals surface area (Å²) in [6, 6.07) is 3.31. The van der Waals surface area contributed by atoms with Crippen LogP contribution in [0.4, 0.5) is 0 Å². The van der Waals surface area contributed by atoms with E-state index in [1.165, 1.54) is 0 Å². The second-order valence-electron chi connectivity index (χ2n) is 6.61. The number of hydrogen-bond donors (Lipinski definition) is 2. The molecule has 1 aromatic carbocycles. The highest BCUT2D eigenvalue weighted by Crippen LogP contribution is 2.23. The van der Waals surface area contributed by atoms with Gasteiger partial charge in [0.05, 0.1) is 4.90 Å². The Balaban J connectivity index is 1.86. The van der Waals surface area contributed by atoms with Gasteiger partial charge in [0.1, 0.15) is 0 Å². The van der Waals surface area contributed by atoms with Gasteiger partial charge in [-0.15, -0.1) is 0 Å². The Labute approximate surface area is 150 Å². The topological polar surface area (TPSA) is 69.6 Å². The zero-order valence-corrected chi connectivity index (χ0v) is 16.0. The summed E-state index contributed by atoms with van der Waals surface area (Å²) in [5, 5.41) is 9.83. The van der Waals surface area contributed by atoms with Crippen LogP contribution in [0.1, 0.15) is 30.4 Å². The Hall–Kier alpha value is -0.660. The van der Waals surface area contributed by atoms with E-state index in [0.717, 1.165) is 44.5 Å². The molecule has 5 nitrogen and oxygen atoms in total. The Kier molecular flexibility index (Phi) is 7.07. The molecule has 1 saturated heterocycles. The second kappa shape index (κ2) is 8.63. The maximum absolute atomic E-state index is 12.5. The van der Waals surface area contributed by atoms with Gasteiger partial charge in [-0.05, 0) is 75.4 Å². The monoisotopic (exact) mass is 374 g/mol. The van der Waals surface area contributed by atoms with Gasteiger partial charge in [0.2, 0.25) is 10.0 Å². The van der Waals surface area contributed by atoms with Gasteiger partial charge in [-0.1, -0.05) is 11.6 Å². The smallest absolute Gasteiger partial charge is 0.240 e. The predicted octanol–water partition coefficient (Wildman–Crippen LogP) is 2.33. The molecule has 1 atom stereocenters. The lowest BCUT2D eigenvalue weighted by Crippen LogP contribution is -2.38. The molecule has 0 aliphatic carbocycles. The first-order valence-corrected chi connectivity index (χ1v) is 10.3. The van der Waals surface area contributed by atoms with E-state index in [9.17, 15) is 13.5 Å². The fourth-order valence-electron chi connectivity index (χ4n) is 3.13. The molecular formula is C17H27ClN2O3S. The molecule has 0 unspecified atom stereocenters. The highest BCUT2D eigenvalue weighted by molar-refractivity contribution is 7.89. The Bertz CT molecular complexity index is 664. The molecule has 0 saturated carbocycles. The summed E-state index contributed by atoms with van der Waals surface area (Å²) in [6.45, 7) is 6.97. The molecule has 0 spiro atoms. The van der Waals surface area contributed by atoms with Gasteiger partial charge in [-0.25, -0.2) is 13.1 Å². The summed E-state index contributed by atoms with van der Waals surface area (Å²) >= 11 is 6.03. The lowest BCUT2D eigenvalue weighted by Gasteiger charge is -2.31.